The van der Waals surface area contributed by atoms with Crippen LogP contribution in [0, 0.1) is 0 Å². The molecule has 0 amide bonds. The Morgan fingerprint density at radius 1 is 1.43 bits per heavy atom. The maximum Gasteiger partial charge on any atom is 0.0919 e. The number of allylic oxidation sites excluding steroid dienone is 2. The largest absolute Gasteiger partial charge is 0.310 e. The van der Waals surface area contributed by atoms with Crippen LogP contribution >= 0.6 is 12.4 Å². The summed E-state index contributed by atoms with van der Waals surface area (Å²) in [6, 6.07) is 0. The highest BCUT2D eigenvalue weighted by molar-refractivity contribution is 5.85. The third-order valence-corrected chi connectivity index (χ3v) is 2.66. The van der Waals surface area contributed by atoms with Crippen LogP contribution in [0.15, 0.2) is 23.8 Å². The van der Waals surface area contributed by atoms with Crippen LogP contribution in [0.2, 0.25) is 0 Å². The van der Waals surface area contributed by atoms with E-state index < -0.39 is 0 Å². The molecule has 3 heteroatoms. The van der Waals surface area contributed by atoms with Crippen LogP contribution in [0.1, 0.15) is 27.2 Å². The average molecular weight is 217 g/mol. The van der Waals surface area contributed by atoms with Gasteiger partial charge in [-0.1, -0.05) is 31.6 Å². The molecule has 2 nitrogen and oxygen atoms in total. The van der Waals surface area contributed by atoms with Crippen molar-refractivity contribution in [1.82, 2.24) is 4.90 Å². The Morgan fingerprint density at radius 2 is 2.00 bits per heavy atom. The van der Waals surface area contributed by atoms with Gasteiger partial charge in [0, 0.05) is 6.42 Å². The summed E-state index contributed by atoms with van der Waals surface area (Å²) in [5.74, 6) is 0. The lowest BCUT2D eigenvalue weighted by atomic mass is 9.96. The lowest BCUT2D eigenvalue weighted by Gasteiger charge is -2.38. The van der Waals surface area contributed by atoms with Crippen molar-refractivity contribution in [2.45, 2.75) is 32.9 Å². The summed E-state index contributed by atoms with van der Waals surface area (Å²) in [7, 11) is 0. The van der Waals surface area contributed by atoms with Crippen LogP contribution in [0.25, 0.3) is 0 Å². The van der Waals surface area contributed by atoms with Gasteiger partial charge in [-0.3, -0.25) is 4.90 Å². The van der Waals surface area contributed by atoms with Crippen LogP contribution < -0.4 is 5.73 Å². The van der Waals surface area contributed by atoms with Crippen molar-refractivity contribution in [3.05, 3.63) is 23.8 Å². The van der Waals surface area contributed by atoms with Gasteiger partial charge in [-0.2, -0.15) is 0 Å². The molecule has 1 rings (SSSR count). The second-order valence-electron chi connectivity index (χ2n) is 3.66. The fourth-order valence-corrected chi connectivity index (χ4v) is 1.97. The summed E-state index contributed by atoms with van der Waals surface area (Å²) in [6.07, 6.45) is 7.38. The van der Waals surface area contributed by atoms with E-state index in [0.29, 0.717) is 0 Å². The van der Waals surface area contributed by atoms with Crippen LogP contribution in [-0.4, -0.2) is 23.7 Å². The van der Waals surface area contributed by atoms with E-state index >= 15 is 0 Å². The van der Waals surface area contributed by atoms with E-state index in [1.54, 1.807) is 0 Å². The summed E-state index contributed by atoms with van der Waals surface area (Å²) in [4.78, 5) is 2.29. The van der Waals surface area contributed by atoms with Crippen LogP contribution in [0.3, 0.4) is 0 Å². The number of halogens is 1. The minimum atomic E-state index is -0.248. The quantitative estimate of drug-likeness (QED) is 0.734. The van der Waals surface area contributed by atoms with Gasteiger partial charge in [0.05, 0.1) is 5.66 Å². The van der Waals surface area contributed by atoms with Gasteiger partial charge in [-0.05, 0) is 26.1 Å². The van der Waals surface area contributed by atoms with Gasteiger partial charge in [-0.15, -0.1) is 12.4 Å². The highest BCUT2D eigenvalue weighted by atomic mass is 35.5. The highest BCUT2D eigenvalue weighted by Gasteiger charge is 2.28. The van der Waals surface area contributed by atoms with Crippen molar-refractivity contribution in [2.24, 2.45) is 5.73 Å². The van der Waals surface area contributed by atoms with Crippen LogP contribution in [0.4, 0.5) is 0 Å². The minimum Gasteiger partial charge on any atom is -0.310 e. The number of hydrogen-bond acceptors (Lipinski definition) is 2. The maximum atomic E-state index is 6.31. The molecule has 82 valence electrons. The van der Waals surface area contributed by atoms with Crippen molar-refractivity contribution in [2.75, 3.05) is 13.1 Å². The molecule has 0 spiro atoms. The summed E-state index contributed by atoms with van der Waals surface area (Å²) >= 11 is 0. The Hall–Kier alpha value is -0.310. The Labute approximate surface area is 93.3 Å². The van der Waals surface area contributed by atoms with Crippen molar-refractivity contribution in [3.8, 4) is 0 Å². The van der Waals surface area contributed by atoms with Gasteiger partial charge >= 0.3 is 0 Å². The van der Waals surface area contributed by atoms with Crippen molar-refractivity contribution in [3.63, 3.8) is 0 Å². The first-order chi connectivity index (χ1) is 6.12. The van der Waals surface area contributed by atoms with Crippen molar-refractivity contribution in [1.29, 1.82) is 0 Å². The van der Waals surface area contributed by atoms with E-state index in [1.807, 2.05) is 0 Å². The monoisotopic (exact) mass is 216 g/mol. The van der Waals surface area contributed by atoms with Crippen LogP contribution in [0.5, 0.6) is 0 Å². The SMILES string of the molecule is CCN(CC)C1(N)C=C(C)C=CC1.Cl. The molecule has 1 unspecified atom stereocenters. The third-order valence-electron chi connectivity index (χ3n) is 2.66. The number of likely N-dealkylation sites (N-methyl/N-ethyl adjacent to an activating group) is 1. The molecule has 0 saturated heterocycles. The van der Waals surface area contributed by atoms with Crippen molar-refractivity contribution < 1.29 is 0 Å². The van der Waals surface area contributed by atoms with E-state index in [0.717, 1.165) is 19.5 Å². The molecule has 0 bridgehead atoms. The smallest absolute Gasteiger partial charge is 0.0919 e. The average Bonchev–Trinajstić information content (AvgIpc) is 2.05. The van der Waals surface area contributed by atoms with Crippen molar-refractivity contribution >= 4 is 12.4 Å². The molecular formula is C11H21ClN2. The highest BCUT2D eigenvalue weighted by Crippen LogP contribution is 2.22. The van der Waals surface area contributed by atoms with Gasteiger partial charge in [0.2, 0.25) is 0 Å². The Bertz CT molecular complexity index is 231. The molecule has 0 saturated carbocycles. The predicted octanol–water partition coefficient (Wildman–Crippen LogP) is 2.31. The third kappa shape index (κ3) is 2.84. The Balaban J connectivity index is 0.00000169. The van der Waals surface area contributed by atoms with Gasteiger partial charge in [-0.25, -0.2) is 0 Å². The molecule has 14 heavy (non-hydrogen) atoms. The molecule has 0 aliphatic heterocycles. The lowest BCUT2D eigenvalue weighted by molar-refractivity contribution is 0.151. The Kier molecular flexibility index (Phi) is 5.42. The lowest BCUT2D eigenvalue weighted by Crippen LogP contribution is -2.54. The van der Waals surface area contributed by atoms with E-state index in [-0.39, 0.29) is 18.1 Å². The molecule has 2 N–H and O–H groups in total. The van der Waals surface area contributed by atoms with E-state index in [1.165, 1.54) is 5.57 Å². The fraction of sp³-hybridized carbons (Fsp3) is 0.636. The van der Waals surface area contributed by atoms with Gasteiger partial charge in [0.25, 0.3) is 0 Å². The second-order valence-corrected chi connectivity index (χ2v) is 3.66. The van der Waals surface area contributed by atoms with Gasteiger partial charge in [0.1, 0.15) is 0 Å². The molecular weight excluding hydrogens is 196 g/mol. The summed E-state index contributed by atoms with van der Waals surface area (Å²) in [6.45, 7) is 8.41. The van der Waals surface area contributed by atoms with Gasteiger partial charge < -0.3 is 5.73 Å². The number of hydrogen-bond donors (Lipinski definition) is 1. The predicted molar refractivity (Wildman–Crippen MR) is 64.6 cm³/mol. The van der Waals surface area contributed by atoms with Gasteiger partial charge in [0.15, 0.2) is 0 Å². The van der Waals surface area contributed by atoms with E-state index in [9.17, 15) is 0 Å². The summed E-state index contributed by atoms with van der Waals surface area (Å²) in [5, 5.41) is 0. The normalized spacial score (nSPS) is 25.9. The molecule has 1 atom stereocenters. The van der Waals surface area contributed by atoms with E-state index in [4.69, 9.17) is 5.73 Å². The van der Waals surface area contributed by atoms with Crippen LogP contribution in [-0.2, 0) is 0 Å². The summed E-state index contributed by atoms with van der Waals surface area (Å²) in [5.41, 5.74) is 7.33. The molecule has 0 radical (unpaired) electrons. The zero-order chi connectivity index (χ0) is 9.90. The molecule has 0 aromatic rings. The molecule has 0 heterocycles. The number of nitrogens with zero attached hydrogens (tertiary/aromatic N) is 1. The summed E-state index contributed by atoms with van der Waals surface area (Å²) < 4.78 is 0. The first-order valence-electron chi connectivity index (χ1n) is 5.02. The number of rotatable bonds is 3. The standard InChI is InChI=1S/C11H20N2.ClH/c1-4-13(5-2)11(12)8-6-7-10(3)9-11;/h6-7,9H,4-5,8,12H2,1-3H3;1H. The second kappa shape index (κ2) is 5.54. The first kappa shape index (κ1) is 13.7. The Morgan fingerprint density at radius 3 is 2.43 bits per heavy atom. The zero-order valence-electron chi connectivity index (χ0n) is 9.29. The molecule has 0 fully saturated rings. The zero-order valence-corrected chi connectivity index (χ0v) is 10.1. The molecule has 1 aliphatic carbocycles. The topological polar surface area (TPSA) is 29.3 Å². The minimum absolute atomic E-state index is 0. The molecule has 0 aromatic carbocycles. The fourth-order valence-electron chi connectivity index (χ4n) is 1.97. The van der Waals surface area contributed by atoms with E-state index in [2.05, 4.69) is 43.9 Å². The molecule has 1 aliphatic rings. The maximum absolute atomic E-state index is 6.31. The number of nitrogens with two attached hydrogens (primary N) is 1. The molecule has 0 aromatic heterocycles. The first-order valence-corrected chi connectivity index (χ1v) is 5.02.